The van der Waals surface area contributed by atoms with E-state index in [1.165, 1.54) is 5.56 Å². The molecule has 9 atom stereocenters. The first kappa shape index (κ1) is 98.0. The summed E-state index contributed by atoms with van der Waals surface area (Å²) in [5.74, 6) is 2.74. The molecule has 2 fully saturated rings. The van der Waals surface area contributed by atoms with Gasteiger partial charge in [0.05, 0.1) is 75.9 Å². The van der Waals surface area contributed by atoms with Crippen molar-refractivity contribution < 1.29 is 86.3 Å². The number of nitrogens with zero attached hydrogens (tertiary/aromatic N) is 1. The Morgan fingerprint density at radius 2 is 1.05 bits per heavy atom. The summed E-state index contributed by atoms with van der Waals surface area (Å²) in [6.45, 7) is 14.6. The number of para-hydroxylation sites is 1. The molecule has 12 amide bonds. The number of imide groups is 1. The van der Waals surface area contributed by atoms with Crippen LogP contribution >= 0.6 is 0 Å². The molecule has 5 aliphatic carbocycles. The van der Waals surface area contributed by atoms with E-state index in [0.717, 1.165) is 101 Å². The molecular formula is C104H127N11O18. The van der Waals surface area contributed by atoms with Gasteiger partial charge in [-0.1, -0.05) is 169 Å². The largest absolute Gasteiger partial charge is 0.508 e. The minimum absolute atomic E-state index is 0.0211. The molecule has 706 valence electrons. The number of aryl methyl sites for hydroxylation is 2. The van der Waals surface area contributed by atoms with Gasteiger partial charge in [-0.15, -0.1) is 0 Å². The van der Waals surface area contributed by atoms with Crippen LogP contribution in [0.5, 0.6) is 5.75 Å². The van der Waals surface area contributed by atoms with Crippen molar-refractivity contribution >= 4 is 82.5 Å². The van der Waals surface area contributed by atoms with Gasteiger partial charge in [-0.25, -0.2) is 14.4 Å². The second kappa shape index (κ2) is 45.8. The van der Waals surface area contributed by atoms with Crippen LogP contribution in [0.3, 0.4) is 0 Å². The highest BCUT2D eigenvalue weighted by Gasteiger charge is 2.59. The summed E-state index contributed by atoms with van der Waals surface area (Å²) in [5, 5.41) is 36.1. The Morgan fingerprint density at radius 1 is 0.496 bits per heavy atom. The number of aromatic hydroxyl groups is 1. The number of alkyl carbamates (subject to hydrolysis) is 2. The molecule has 1 heterocycles. The molecule has 0 bridgehead atoms. The molecule has 0 aromatic heterocycles. The van der Waals surface area contributed by atoms with E-state index in [2.05, 4.69) is 85.7 Å². The van der Waals surface area contributed by atoms with Crippen LogP contribution in [-0.2, 0) is 104 Å². The van der Waals surface area contributed by atoms with Gasteiger partial charge in [0, 0.05) is 67.3 Å². The lowest BCUT2D eigenvalue weighted by molar-refractivity contribution is -0.150. The molecule has 0 spiro atoms. The minimum atomic E-state index is -1.14. The van der Waals surface area contributed by atoms with Crippen molar-refractivity contribution in [3.8, 4) is 28.7 Å². The quantitative estimate of drug-likeness (QED) is 0.00961. The monoisotopic (exact) mass is 1820 g/mol. The summed E-state index contributed by atoms with van der Waals surface area (Å²) >= 11 is 0. The molecule has 133 heavy (non-hydrogen) atoms. The summed E-state index contributed by atoms with van der Waals surface area (Å²) in [5.41, 5.74) is 16.1. The predicted octanol–water partition coefficient (Wildman–Crippen LogP) is 13.0. The first-order valence-electron chi connectivity index (χ1n) is 46.9. The Hall–Kier alpha value is -12.5. The topological polar surface area (TPSA) is 401 Å². The molecule has 7 aromatic rings. The maximum Gasteiger partial charge on any atom is 0.408 e. The molecule has 0 saturated heterocycles. The molecule has 29 heteroatoms. The first-order valence-corrected chi connectivity index (χ1v) is 46.9. The van der Waals surface area contributed by atoms with Gasteiger partial charge in [-0.3, -0.25) is 43.7 Å². The number of fused-ring (bicyclic) bond motifs is 11. The van der Waals surface area contributed by atoms with Gasteiger partial charge >= 0.3 is 18.2 Å². The third kappa shape index (κ3) is 24.7. The average Bonchev–Trinajstić information content (AvgIpc) is 1.69. The molecule has 6 aliphatic rings. The number of unbranched alkanes of at least 4 members (excludes halogenated alkanes) is 1. The lowest BCUT2D eigenvalue weighted by Gasteiger charge is -2.56. The number of urea groups is 1. The van der Waals surface area contributed by atoms with Crippen LogP contribution in [0, 0.1) is 40.4 Å². The molecule has 12 N–H and O–H groups in total. The van der Waals surface area contributed by atoms with Crippen LogP contribution < -0.4 is 58.5 Å². The fraction of sp³-hybridized carbons (Fsp3) is 0.471. The number of primary amides is 1. The van der Waals surface area contributed by atoms with E-state index in [0.29, 0.717) is 67.9 Å². The number of hydrogen-bond acceptors (Lipinski definition) is 18. The number of rotatable bonds is 42. The van der Waals surface area contributed by atoms with Crippen molar-refractivity contribution in [3.63, 3.8) is 0 Å². The highest BCUT2D eigenvalue weighted by Crippen LogP contribution is 2.60. The zero-order chi connectivity index (χ0) is 94.2. The molecular weight excluding hydrogens is 1690 g/mol. The van der Waals surface area contributed by atoms with Gasteiger partial charge in [0.2, 0.25) is 47.3 Å². The van der Waals surface area contributed by atoms with E-state index < -0.39 is 82.1 Å². The van der Waals surface area contributed by atoms with Gasteiger partial charge in [0.25, 0.3) is 0 Å². The van der Waals surface area contributed by atoms with Crippen molar-refractivity contribution in [2.45, 2.75) is 205 Å². The van der Waals surface area contributed by atoms with E-state index in [4.69, 9.17) is 34.2 Å². The lowest BCUT2D eigenvalue weighted by atomic mass is 9.49. The highest BCUT2D eigenvalue weighted by molar-refractivity contribution is 6.02. The molecule has 29 nitrogen and oxygen atoms in total. The molecule has 7 aromatic carbocycles. The van der Waals surface area contributed by atoms with E-state index in [1.54, 1.807) is 49.1 Å². The van der Waals surface area contributed by atoms with Gasteiger partial charge < -0.3 is 86.7 Å². The third-order valence-electron chi connectivity index (χ3n) is 27.7. The summed E-state index contributed by atoms with van der Waals surface area (Å²) in [7, 11) is 0. The number of hydrogen-bond donors (Lipinski definition) is 11. The number of benzene rings is 7. The number of nitrogens with two attached hydrogens (primary N) is 1. The molecule has 0 radical (unpaired) electrons. The Bertz CT molecular complexity index is 5380. The smallest absolute Gasteiger partial charge is 0.408 e. The summed E-state index contributed by atoms with van der Waals surface area (Å²) < 4.78 is 34.0. The number of phenolic OH excluding ortho intramolecular Hbond substituents is 1. The Labute approximate surface area is 778 Å². The van der Waals surface area contributed by atoms with E-state index in [1.807, 2.05) is 129 Å². The Balaban J connectivity index is 0.550. The van der Waals surface area contributed by atoms with Crippen molar-refractivity contribution in [2.24, 2.45) is 34.3 Å². The third-order valence-corrected chi connectivity index (χ3v) is 27.7. The second-order valence-electron chi connectivity index (χ2n) is 37.0. The number of carbonyl (C=O) groups excluding carboxylic acids is 11. The number of nitrogens with one attached hydrogen (secondary N) is 9. The minimum Gasteiger partial charge on any atom is -0.508 e. The fourth-order valence-corrected chi connectivity index (χ4v) is 20.6. The lowest BCUT2D eigenvalue weighted by Crippen LogP contribution is -2.60. The van der Waals surface area contributed by atoms with Crippen LogP contribution in [0.2, 0.25) is 0 Å². The number of carbonyl (C=O) groups is 11. The number of anilines is 3. The van der Waals surface area contributed by atoms with E-state index in [9.17, 15) is 53.1 Å². The van der Waals surface area contributed by atoms with Gasteiger partial charge in [-0.2, -0.15) is 0 Å². The molecule has 0 unspecified atom stereocenters. The van der Waals surface area contributed by atoms with E-state index >= 15 is 4.79 Å². The average molecular weight is 1820 g/mol. The van der Waals surface area contributed by atoms with Crippen LogP contribution in [0.15, 0.2) is 158 Å². The number of ether oxygens (including phenoxy) is 6. The molecule has 13 rings (SSSR count). The normalized spacial score (nSPS) is 20.1. The predicted molar refractivity (Wildman–Crippen MR) is 503 cm³/mol. The van der Waals surface area contributed by atoms with E-state index in [-0.39, 0.29) is 170 Å². The number of phenols is 1. The van der Waals surface area contributed by atoms with Crippen molar-refractivity contribution in [1.82, 2.24) is 37.2 Å². The summed E-state index contributed by atoms with van der Waals surface area (Å²) in [4.78, 5) is 153. The standard InChI is InChI=1S/C104H127N11O18/c1-67(2)92(113-90(118)46-54-128-56-58-130-60-61-131-59-57-129-55-53-106-89(117)44-45-91(119)115-64-73-22-8-7-20-69(73)32-33-72-21-9-14-29-86(72)115)95(122)111-84(28-17-52-107-98(105)125)93(120)109-74-38-30-68(31-39-74)65-132-100(127)112-85(27-15-16-51-108-99(126)133-66-81-79-25-12-10-23-77(79)78-24-11-13-26-80(78)81)94(121)110-75-40-34-70-36-42-87-101(3,82(70)62-75)47-18-49-103(87,5)96(123)114-97(124)104(6)50-19-48-102(4)83-63-76(116)41-35-71(83)37-43-88(102)104/h7-14,20-26,29-31,34-35,38-41,62-63,67,81,84-85,87-88,92,116H,15-19,27-28,36-37,42-61,64-66H2,1-6H3,(H,106,117)(H,108,126)(H,109,120)(H,110,121)(H,111,122)(H,112,127)(H,113,118)(H3,105,107,125)(H,114,123,124)/t84-,85-,87+,88+,92-,101+,102+,103-,104-/m0/s1. The Morgan fingerprint density at radius 3 is 1.69 bits per heavy atom. The van der Waals surface area contributed by atoms with Gasteiger partial charge in [-0.05, 0) is 222 Å². The van der Waals surface area contributed by atoms with Crippen LogP contribution in [0.4, 0.5) is 31.4 Å². The highest BCUT2D eigenvalue weighted by atomic mass is 16.6. The van der Waals surface area contributed by atoms with Crippen LogP contribution in [-0.4, -0.2) is 168 Å². The maximum absolute atomic E-state index is 15.1. The molecule has 1 aliphatic heterocycles. The van der Waals surface area contributed by atoms with Crippen LogP contribution in [0.1, 0.15) is 206 Å². The SMILES string of the molecule is CC(C)[C@H](NC(=O)CCOCCOCCOCCOCCNC(=O)CCC(=O)N1Cc2ccccc2C#Cc2ccccc21)C(=O)N[C@@H](CCCNC(N)=O)C(=O)Nc1ccc(COC(=O)N[C@@H](CCCCNC(=O)OCC2c3ccccc3-c3ccccc32)C(=O)Nc2ccc3c(c2)[C@@]2(C)CCC[C@](C)(C(=O)NC(=O)[C@@]4(C)CCC[C@]5(C)c6cc(O)ccc6CC[C@@H]45)[C@@H]2CC3)cc1. The van der Waals surface area contributed by atoms with Crippen LogP contribution in [0.25, 0.3) is 11.1 Å². The zero-order valence-electron chi connectivity index (χ0n) is 77.1. The summed E-state index contributed by atoms with van der Waals surface area (Å²) in [6.07, 6.45) is 7.17. The second-order valence-corrected chi connectivity index (χ2v) is 37.0. The van der Waals surface area contributed by atoms with Crippen molar-refractivity contribution in [1.29, 1.82) is 0 Å². The van der Waals surface area contributed by atoms with Gasteiger partial charge in [0.15, 0.2) is 0 Å². The number of amides is 12. The maximum atomic E-state index is 15.1. The van der Waals surface area contributed by atoms with Crippen molar-refractivity contribution in [2.75, 3.05) is 94.6 Å². The van der Waals surface area contributed by atoms with Crippen molar-refractivity contribution in [3.05, 3.63) is 213 Å². The summed E-state index contributed by atoms with van der Waals surface area (Å²) in [6, 6.07) is 45.2. The first-order chi connectivity index (χ1) is 64.1. The Kier molecular flexibility index (Phi) is 33.7. The fourth-order valence-electron chi connectivity index (χ4n) is 20.6. The molecule has 2 saturated carbocycles. The zero-order valence-corrected chi connectivity index (χ0v) is 77.1. The van der Waals surface area contributed by atoms with Gasteiger partial charge in [0.1, 0.15) is 37.1 Å².